The Balaban J connectivity index is 0.819. The van der Waals surface area contributed by atoms with Gasteiger partial charge in [0.1, 0.15) is 34.6 Å². The fraction of sp³-hybridized carbons (Fsp3) is 0.410. The number of hydrogen-bond acceptors (Lipinski definition) is 9. The van der Waals surface area contributed by atoms with Crippen LogP contribution >= 0.6 is 0 Å². The van der Waals surface area contributed by atoms with E-state index in [-0.39, 0.29) is 36.2 Å². The van der Waals surface area contributed by atoms with Crippen molar-refractivity contribution in [3.63, 3.8) is 0 Å². The Morgan fingerprint density at radius 1 is 1.04 bits per heavy atom. The first-order valence-corrected chi connectivity index (χ1v) is 18.5. The number of aromatic nitrogens is 3. The van der Waals surface area contributed by atoms with Gasteiger partial charge in [0.15, 0.2) is 17.2 Å². The largest absolute Gasteiger partial charge is 0.496 e. The Morgan fingerprint density at radius 2 is 1.81 bits per heavy atom. The van der Waals surface area contributed by atoms with Crippen LogP contribution in [0.2, 0.25) is 0 Å². The van der Waals surface area contributed by atoms with E-state index < -0.39 is 29.4 Å². The number of ether oxygens (including phenoxy) is 2. The molecule has 0 spiro atoms. The highest BCUT2D eigenvalue weighted by molar-refractivity contribution is 6.06. The Bertz CT molecular complexity index is 2270. The van der Waals surface area contributed by atoms with Gasteiger partial charge in [-0.3, -0.25) is 19.7 Å². The molecule has 5 heterocycles. The summed E-state index contributed by atoms with van der Waals surface area (Å²) >= 11 is 0. The summed E-state index contributed by atoms with van der Waals surface area (Å²) in [6, 6.07) is 9.48. The Morgan fingerprint density at radius 3 is 2.56 bits per heavy atom. The lowest BCUT2D eigenvalue weighted by Gasteiger charge is -2.33. The maximum absolute atomic E-state index is 15.0. The third-order valence-corrected chi connectivity index (χ3v) is 10.9. The second kappa shape index (κ2) is 15.0. The zero-order valence-corrected chi connectivity index (χ0v) is 29.9. The third kappa shape index (κ3) is 7.32. The molecule has 1 unspecified atom stereocenters. The number of carbonyl (C=O) groups excluding carboxylic acids is 3. The van der Waals surface area contributed by atoms with Gasteiger partial charge < -0.3 is 19.7 Å². The van der Waals surface area contributed by atoms with Crippen LogP contribution < -0.4 is 30.7 Å². The second-order valence-corrected chi connectivity index (χ2v) is 14.3. The first kappa shape index (κ1) is 35.5. The maximum Gasteiger partial charge on any atom is 0.260 e. The van der Waals surface area contributed by atoms with E-state index in [1.165, 1.54) is 12.8 Å². The zero-order chi connectivity index (χ0) is 37.3. The lowest BCUT2D eigenvalue weighted by Crippen LogP contribution is -2.40. The molecule has 2 saturated heterocycles. The number of imide groups is 1. The minimum atomic E-state index is -1.03. The Labute approximate surface area is 309 Å². The second-order valence-electron chi connectivity index (χ2n) is 14.3. The van der Waals surface area contributed by atoms with Gasteiger partial charge in [-0.2, -0.15) is 9.61 Å². The van der Waals surface area contributed by atoms with Gasteiger partial charge in [-0.05, 0) is 69.2 Å². The standard InChI is InChI=1S/C39H40F2N8O5/c1-53-33-20-32-24(17-29(33)39(52)44-35-21-42-34-3-2-13-43-49(34)35)22-48(46-32)25-6-4-23(5-7-25)10-14-47-15-11-26(12-16-47)54-27-18-30(40)37(31(41)19-27)28-8-9-36(50)45-38(28)51/h2-3,13,17-23,26,28H,4-12,14-16H2,1H3,(H-,43,44,45,50,51,52)/p+1. The quantitative estimate of drug-likeness (QED) is 0.196. The lowest BCUT2D eigenvalue weighted by atomic mass is 9.85. The topological polar surface area (TPSA) is 143 Å². The summed E-state index contributed by atoms with van der Waals surface area (Å²) in [6.07, 6.45) is 11.8. The highest BCUT2D eigenvalue weighted by Crippen LogP contribution is 2.33. The molecule has 1 atom stereocenters. The molecular weight excluding hydrogens is 698 g/mol. The zero-order valence-electron chi connectivity index (χ0n) is 29.9. The van der Waals surface area contributed by atoms with Crippen molar-refractivity contribution < 1.29 is 37.3 Å². The van der Waals surface area contributed by atoms with Crippen LogP contribution in [0.15, 0.2) is 53.9 Å². The van der Waals surface area contributed by atoms with Gasteiger partial charge in [-0.25, -0.2) is 13.8 Å². The van der Waals surface area contributed by atoms with E-state index in [1.54, 1.807) is 35.1 Å². The predicted octanol–water partition coefficient (Wildman–Crippen LogP) is 3.65. The number of amides is 3. The van der Waals surface area contributed by atoms with E-state index >= 15 is 0 Å². The molecule has 0 radical (unpaired) electrons. The van der Waals surface area contributed by atoms with Crippen LogP contribution in [0.25, 0.3) is 11.8 Å². The van der Waals surface area contributed by atoms with Crippen LogP contribution in [0.3, 0.4) is 0 Å². The van der Waals surface area contributed by atoms with Gasteiger partial charge in [0.2, 0.25) is 18.0 Å². The normalized spacial score (nSPS) is 20.6. The highest BCUT2D eigenvalue weighted by atomic mass is 19.1. The van der Waals surface area contributed by atoms with Crippen LogP contribution in [0.1, 0.15) is 79.6 Å². The molecule has 4 aliphatic rings. The van der Waals surface area contributed by atoms with Crippen LogP contribution in [-0.2, 0) is 9.59 Å². The van der Waals surface area contributed by atoms with E-state index in [0.717, 1.165) is 87.3 Å². The van der Waals surface area contributed by atoms with Crippen molar-refractivity contribution in [2.45, 2.75) is 69.8 Å². The van der Waals surface area contributed by atoms with E-state index in [1.807, 2.05) is 17.0 Å². The van der Waals surface area contributed by atoms with Crippen LogP contribution in [0.5, 0.6) is 11.5 Å². The summed E-state index contributed by atoms with van der Waals surface area (Å²) in [7, 11) is 1.54. The number of piperidine rings is 2. The molecule has 2 aromatic carbocycles. The monoisotopic (exact) mass is 739 g/mol. The predicted molar refractivity (Wildman–Crippen MR) is 193 cm³/mol. The number of halogens is 2. The number of nitrogens with one attached hydrogen (secondary N) is 2. The van der Waals surface area contributed by atoms with Crippen molar-refractivity contribution in [2.24, 2.45) is 11.0 Å². The number of anilines is 1. The maximum atomic E-state index is 15.0. The van der Waals surface area contributed by atoms with Crippen LogP contribution in [-0.4, -0.2) is 80.5 Å². The minimum Gasteiger partial charge on any atom is -0.496 e. The lowest BCUT2D eigenvalue weighted by molar-refractivity contribution is -0.430. The number of methoxy groups -OCH3 is 1. The number of fused-ring (bicyclic) bond motifs is 2. The number of carbonyl (C=O) groups is 3. The van der Waals surface area contributed by atoms with Gasteiger partial charge in [0, 0.05) is 67.4 Å². The molecule has 4 aromatic rings. The summed E-state index contributed by atoms with van der Waals surface area (Å²) in [4.78, 5) is 43.7. The Kier molecular flexibility index (Phi) is 9.88. The van der Waals surface area contributed by atoms with Gasteiger partial charge >= 0.3 is 0 Å². The number of nitrogens with zero attached hydrogens (tertiary/aromatic N) is 6. The summed E-state index contributed by atoms with van der Waals surface area (Å²) in [5.41, 5.74) is 1.95. The molecule has 13 nitrogen and oxygen atoms in total. The molecule has 2 aromatic heterocycles. The first-order chi connectivity index (χ1) is 26.2. The third-order valence-electron chi connectivity index (χ3n) is 10.9. The first-order valence-electron chi connectivity index (χ1n) is 18.5. The fourth-order valence-electron chi connectivity index (χ4n) is 7.93. The summed E-state index contributed by atoms with van der Waals surface area (Å²) in [5, 5.41) is 15.8. The molecule has 1 aliphatic carbocycles. The van der Waals surface area contributed by atoms with Crippen LogP contribution in [0, 0.1) is 17.6 Å². The van der Waals surface area contributed by atoms with Gasteiger partial charge in [-0.1, -0.05) is 4.68 Å². The molecule has 0 bridgehead atoms. The molecule has 280 valence electrons. The average molecular weight is 740 g/mol. The smallest absolute Gasteiger partial charge is 0.260 e. The molecule has 3 amide bonds. The van der Waals surface area contributed by atoms with E-state index in [4.69, 9.17) is 14.6 Å². The minimum absolute atomic E-state index is 0.0435. The molecule has 3 aliphatic heterocycles. The van der Waals surface area contributed by atoms with Crippen molar-refractivity contribution in [1.29, 1.82) is 0 Å². The van der Waals surface area contributed by atoms with Gasteiger partial charge in [0.25, 0.3) is 5.91 Å². The number of hydrogen-bond donors (Lipinski definition) is 2. The molecule has 2 N–H and O–H groups in total. The summed E-state index contributed by atoms with van der Waals surface area (Å²) in [6.45, 7) is 2.67. The van der Waals surface area contributed by atoms with Crippen molar-refractivity contribution in [3.05, 3.63) is 82.1 Å². The molecule has 1 saturated carbocycles. The van der Waals surface area contributed by atoms with Crippen molar-refractivity contribution in [3.8, 4) is 11.5 Å². The molecule has 8 rings (SSSR count). The average Bonchev–Trinajstić information content (AvgIpc) is 3.78. The Hall–Kier alpha value is -5.57. The molecule has 54 heavy (non-hydrogen) atoms. The number of likely N-dealkylation sites (tertiary alicyclic amines) is 1. The van der Waals surface area contributed by atoms with Crippen LogP contribution in [0.4, 0.5) is 14.6 Å². The van der Waals surface area contributed by atoms with Crippen molar-refractivity contribution >= 4 is 41.1 Å². The van der Waals surface area contributed by atoms with E-state index in [9.17, 15) is 23.2 Å². The van der Waals surface area contributed by atoms with Crippen molar-refractivity contribution in [2.75, 3.05) is 32.1 Å². The highest BCUT2D eigenvalue weighted by Gasteiger charge is 2.33. The molecule has 3 fully saturated rings. The fourth-order valence-corrected chi connectivity index (χ4v) is 7.93. The summed E-state index contributed by atoms with van der Waals surface area (Å²) in [5.74, 6) is -2.54. The number of imidazole rings is 1. The van der Waals surface area contributed by atoms with Crippen molar-refractivity contribution in [1.82, 2.24) is 24.8 Å². The SMILES string of the molecule is COc1cc2c(cc1C(=O)Nc1cnc3cccnn13)=C[N+](=C1CCC(CCN3CCC(Oc4cc(F)c(C5CCC(=O)NC5=O)c(F)c4)CC3)CC1)N=2. The van der Waals surface area contributed by atoms with Gasteiger partial charge in [-0.15, -0.1) is 0 Å². The number of rotatable bonds is 9. The van der Waals surface area contributed by atoms with E-state index in [2.05, 4.69) is 25.6 Å². The molecule has 15 heteroatoms. The summed E-state index contributed by atoms with van der Waals surface area (Å²) < 4.78 is 45.0. The molecular formula is C39H41F2N8O5+. The van der Waals surface area contributed by atoms with E-state index in [0.29, 0.717) is 28.7 Å². The van der Waals surface area contributed by atoms with Gasteiger partial charge in [0.05, 0.1) is 30.0 Å². The number of benzene rings is 2.